The molecule has 34 heavy (non-hydrogen) atoms. The van der Waals surface area contributed by atoms with Gasteiger partial charge in [-0.2, -0.15) is 13.2 Å². The Balaban J connectivity index is 1.63. The molecule has 0 spiro atoms. The summed E-state index contributed by atoms with van der Waals surface area (Å²) in [5, 5.41) is 5.09. The number of hydrogen-bond acceptors (Lipinski definition) is 5. The fourth-order valence-electron chi connectivity index (χ4n) is 2.92. The van der Waals surface area contributed by atoms with Gasteiger partial charge in [0.1, 0.15) is 5.75 Å². The molecule has 0 aliphatic rings. The predicted molar refractivity (Wildman–Crippen MR) is 120 cm³/mol. The van der Waals surface area contributed by atoms with Crippen molar-refractivity contribution in [3.63, 3.8) is 0 Å². The second kappa shape index (κ2) is 10.6. The summed E-state index contributed by atoms with van der Waals surface area (Å²) in [6, 6.07) is 15.2. The van der Waals surface area contributed by atoms with Crippen LogP contribution in [-0.4, -0.2) is 32.6 Å². The minimum atomic E-state index is -4.53. The molecule has 0 aliphatic heterocycles. The van der Waals surface area contributed by atoms with Gasteiger partial charge in [0.25, 0.3) is 11.8 Å². The van der Waals surface area contributed by atoms with Gasteiger partial charge in [-0.05, 0) is 60.7 Å². The summed E-state index contributed by atoms with van der Waals surface area (Å²) in [5.41, 5.74) is -0.193. The van der Waals surface area contributed by atoms with Crippen LogP contribution in [0.4, 0.5) is 24.5 Å². The Morgan fingerprint density at radius 2 is 1.56 bits per heavy atom. The number of carbonyl (C=O) groups excluding carboxylic acids is 2. The highest BCUT2D eigenvalue weighted by atomic mass is 19.4. The zero-order valence-electron chi connectivity index (χ0n) is 18.2. The molecule has 178 valence electrons. The van der Waals surface area contributed by atoms with Crippen LogP contribution in [0.3, 0.4) is 0 Å². The van der Waals surface area contributed by atoms with E-state index >= 15 is 0 Å². The first-order valence-electron chi connectivity index (χ1n) is 9.93. The Kier molecular flexibility index (Phi) is 7.62. The van der Waals surface area contributed by atoms with Gasteiger partial charge in [0.15, 0.2) is 18.1 Å². The van der Waals surface area contributed by atoms with Gasteiger partial charge in [0, 0.05) is 16.9 Å². The molecule has 0 aromatic heterocycles. The number of amides is 2. The van der Waals surface area contributed by atoms with Gasteiger partial charge in [-0.25, -0.2) is 0 Å². The lowest BCUT2D eigenvalue weighted by atomic mass is 10.1. The third-order valence-corrected chi connectivity index (χ3v) is 4.61. The van der Waals surface area contributed by atoms with Crippen LogP contribution >= 0.6 is 0 Å². The van der Waals surface area contributed by atoms with Crippen molar-refractivity contribution >= 4 is 23.2 Å². The number of halogens is 3. The van der Waals surface area contributed by atoms with Crippen LogP contribution < -0.4 is 24.8 Å². The van der Waals surface area contributed by atoms with Crippen LogP contribution in [0, 0.1) is 0 Å². The number of nitrogens with one attached hydrogen (secondary N) is 2. The van der Waals surface area contributed by atoms with Gasteiger partial charge < -0.3 is 24.8 Å². The average Bonchev–Trinajstić information content (AvgIpc) is 2.82. The summed E-state index contributed by atoms with van der Waals surface area (Å²) in [5.74, 6) is -0.0203. The first kappa shape index (κ1) is 24.4. The minimum Gasteiger partial charge on any atom is -0.497 e. The van der Waals surface area contributed by atoms with Gasteiger partial charge in [0.05, 0.1) is 19.8 Å². The molecule has 0 saturated heterocycles. The van der Waals surface area contributed by atoms with Crippen molar-refractivity contribution in [3.8, 4) is 17.2 Å². The molecule has 0 bridgehead atoms. The largest absolute Gasteiger partial charge is 0.497 e. The van der Waals surface area contributed by atoms with Gasteiger partial charge in [-0.3, -0.25) is 9.59 Å². The Morgan fingerprint density at radius 3 is 2.21 bits per heavy atom. The number of hydrogen-bond donors (Lipinski definition) is 2. The van der Waals surface area contributed by atoms with Crippen molar-refractivity contribution in [1.29, 1.82) is 0 Å². The van der Waals surface area contributed by atoms with Crippen molar-refractivity contribution in [1.82, 2.24) is 0 Å². The number of ether oxygens (including phenoxy) is 3. The van der Waals surface area contributed by atoms with Gasteiger partial charge in [-0.1, -0.05) is 6.07 Å². The second-order valence-corrected chi connectivity index (χ2v) is 6.96. The normalized spacial score (nSPS) is 10.9. The van der Waals surface area contributed by atoms with E-state index in [2.05, 4.69) is 10.6 Å². The van der Waals surface area contributed by atoms with Crippen LogP contribution in [0.2, 0.25) is 0 Å². The SMILES string of the molecule is COc1ccc(NC(=O)COc2ccc(C(=O)Nc3cccc(C(F)(F)F)c3)cc2OC)cc1. The fourth-order valence-corrected chi connectivity index (χ4v) is 2.92. The molecule has 3 aromatic carbocycles. The first-order valence-corrected chi connectivity index (χ1v) is 9.93. The van der Waals surface area contributed by atoms with Crippen LogP contribution in [0.15, 0.2) is 66.7 Å². The van der Waals surface area contributed by atoms with Crippen LogP contribution in [0.5, 0.6) is 17.2 Å². The quantitative estimate of drug-likeness (QED) is 0.480. The molecular formula is C24H21F3N2O5. The van der Waals surface area contributed by atoms with E-state index in [0.717, 1.165) is 12.1 Å². The van der Waals surface area contributed by atoms with E-state index in [1.54, 1.807) is 24.3 Å². The van der Waals surface area contributed by atoms with E-state index in [4.69, 9.17) is 14.2 Å². The Bertz CT molecular complexity index is 1160. The lowest BCUT2D eigenvalue weighted by Crippen LogP contribution is -2.20. The van der Waals surface area contributed by atoms with Crippen LogP contribution in [0.25, 0.3) is 0 Å². The topological polar surface area (TPSA) is 85.9 Å². The highest BCUT2D eigenvalue weighted by molar-refractivity contribution is 6.04. The summed E-state index contributed by atoms with van der Waals surface area (Å²) in [6.07, 6.45) is -4.53. The molecule has 2 amide bonds. The Morgan fingerprint density at radius 1 is 0.824 bits per heavy atom. The Labute approximate surface area is 193 Å². The van der Waals surface area contributed by atoms with Crippen molar-refractivity contribution in [3.05, 3.63) is 77.9 Å². The number of carbonyl (C=O) groups is 2. The molecular weight excluding hydrogens is 453 g/mol. The number of anilines is 2. The van der Waals surface area contributed by atoms with Crippen molar-refractivity contribution in [2.75, 3.05) is 31.5 Å². The molecule has 3 rings (SSSR count). The monoisotopic (exact) mass is 474 g/mol. The highest BCUT2D eigenvalue weighted by Crippen LogP contribution is 2.31. The van der Waals surface area contributed by atoms with Crippen molar-refractivity contribution in [2.45, 2.75) is 6.18 Å². The van der Waals surface area contributed by atoms with E-state index in [1.165, 1.54) is 44.6 Å². The van der Waals surface area contributed by atoms with E-state index < -0.39 is 23.6 Å². The molecule has 2 N–H and O–H groups in total. The van der Waals surface area contributed by atoms with Gasteiger partial charge in [-0.15, -0.1) is 0 Å². The van der Waals surface area contributed by atoms with E-state index in [1.807, 2.05) is 0 Å². The average molecular weight is 474 g/mol. The maximum Gasteiger partial charge on any atom is 0.416 e. The summed E-state index contributed by atoms with van der Waals surface area (Å²) in [6.45, 7) is -0.321. The predicted octanol–water partition coefficient (Wildman–Crippen LogP) is 4.99. The standard InChI is InChI=1S/C24H21F3N2O5/c1-32-19-9-7-17(8-10-19)28-22(30)14-34-20-11-6-15(12-21(20)33-2)23(31)29-18-5-3-4-16(13-18)24(25,26)27/h3-13H,14H2,1-2H3,(H,28,30)(H,29,31). The Hall–Kier alpha value is -4.21. The molecule has 0 radical (unpaired) electrons. The lowest BCUT2D eigenvalue weighted by molar-refractivity contribution is -0.137. The molecule has 0 fully saturated rings. The smallest absolute Gasteiger partial charge is 0.416 e. The number of benzene rings is 3. The zero-order chi connectivity index (χ0) is 24.7. The minimum absolute atomic E-state index is 0.00526. The zero-order valence-corrected chi connectivity index (χ0v) is 18.2. The summed E-state index contributed by atoms with van der Waals surface area (Å²) in [4.78, 5) is 24.7. The highest BCUT2D eigenvalue weighted by Gasteiger charge is 2.30. The molecule has 0 aliphatic carbocycles. The maximum atomic E-state index is 12.9. The molecule has 0 heterocycles. The third kappa shape index (κ3) is 6.41. The van der Waals surface area contributed by atoms with Gasteiger partial charge >= 0.3 is 6.18 Å². The fraction of sp³-hybridized carbons (Fsp3) is 0.167. The summed E-state index contributed by atoms with van der Waals surface area (Å²) < 4.78 is 54.4. The van der Waals surface area contributed by atoms with Crippen LogP contribution in [-0.2, 0) is 11.0 Å². The second-order valence-electron chi connectivity index (χ2n) is 6.96. The van der Waals surface area contributed by atoms with Gasteiger partial charge in [0.2, 0.25) is 0 Å². The third-order valence-electron chi connectivity index (χ3n) is 4.61. The lowest BCUT2D eigenvalue weighted by Gasteiger charge is -2.13. The molecule has 0 atom stereocenters. The van der Waals surface area contributed by atoms with Crippen LogP contribution in [0.1, 0.15) is 15.9 Å². The number of rotatable bonds is 8. The molecule has 7 nitrogen and oxygen atoms in total. The summed E-state index contributed by atoms with van der Waals surface area (Å²) >= 11 is 0. The van der Waals surface area contributed by atoms with E-state index in [-0.39, 0.29) is 29.4 Å². The molecule has 10 heteroatoms. The number of alkyl halides is 3. The summed E-state index contributed by atoms with van der Waals surface area (Å²) in [7, 11) is 2.89. The van der Waals surface area contributed by atoms with Crippen molar-refractivity contribution < 1.29 is 37.0 Å². The van der Waals surface area contributed by atoms with Crippen molar-refractivity contribution in [2.24, 2.45) is 0 Å². The van der Waals surface area contributed by atoms with E-state index in [0.29, 0.717) is 11.4 Å². The molecule has 3 aromatic rings. The maximum absolute atomic E-state index is 12.9. The first-order chi connectivity index (χ1) is 16.2. The number of methoxy groups -OCH3 is 2. The molecule has 0 unspecified atom stereocenters. The van der Waals surface area contributed by atoms with E-state index in [9.17, 15) is 22.8 Å². The molecule has 0 saturated carbocycles.